The normalized spacial score (nSPS) is 17.0. The molecule has 1 fully saturated rings. The van der Waals surface area contributed by atoms with Crippen molar-refractivity contribution >= 4 is 0 Å². The van der Waals surface area contributed by atoms with Gasteiger partial charge in [0.1, 0.15) is 17.5 Å². The maximum Gasteiger partial charge on any atom is 0.127 e. The summed E-state index contributed by atoms with van der Waals surface area (Å²) in [6, 6.07) is 9.96. The molecule has 0 saturated carbocycles. The van der Waals surface area contributed by atoms with E-state index >= 15 is 0 Å². The van der Waals surface area contributed by atoms with Gasteiger partial charge < -0.3 is 10.1 Å². The fraction of sp³-hybridized carbons (Fsp3) is 0.368. The van der Waals surface area contributed by atoms with E-state index in [-0.39, 0.29) is 17.8 Å². The van der Waals surface area contributed by atoms with Gasteiger partial charge in [-0.25, -0.2) is 13.2 Å². The minimum atomic E-state index is -0.451. The van der Waals surface area contributed by atoms with Crippen LogP contribution in [0.1, 0.15) is 24.0 Å². The average molecular weight is 335 g/mol. The van der Waals surface area contributed by atoms with Gasteiger partial charge in [0.2, 0.25) is 0 Å². The molecule has 0 unspecified atom stereocenters. The van der Waals surface area contributed by atoms with Crippen LogP contribution < -0.4 is 5.32 Å². The lowest BCUT2D eigenvalue weighted by Crippen LogP contribution is -2.42. The average Bonchev–Trinajstić information content (AvgIpc) is 2.59. The van der Waals surface area contributed by atoms with Gasteiger partial charge in [-0.3, -0.25) is 0 Å². The molecule has 24 heavy (non-hydrogen) atoms. The second kappa shape index (κ2) is 7.36. The minimum absolute atomic E-state index is 0.185. The van der Waals surface area contributed by atoms with E-state index in [4.69, 9.17) is 4.74 Å². The molecule has 2 aromatic rings. The highest BCUT2D eigenvalue weighted by Gasteiger charge is 2.34. The molecule has 3 rings (SSSR count). The number of nitrogens with one attached hydrogen (secondary N) is 1. The standard InChI is InChI=1S/C19H20F3NO/c20-16-3-1-15(2-4-16)19(7-9-24-10-8-19)13-23-12-14-11-17(21)5-6-18(14)22/h1-6,11,23H,7-10,12-13H2. The summed E-state index contributed by atoms with van der Waals surface area (Å²) in [6.45, 7) is 2.10. The van der Waals surface area contributed by atoms with Crippen LogP contribution >= 0.6 is 0 Å². The van der Waals surface area contributed by atoms with Crippen molar-refractivity contribution in [3.8, 4) is 0 Å². The van der Waals surface area contributed by atoms with Gasteiger partial charge in [-0.1, -0.05) is 12.1 Å². The van der Waals surface area contributed by atoms with Crippen LogP contribution in [0.15, 0.2) is 42.5 Å². The van der Waals surface area contributed by atoms with Crippen molar-refractivity contribution in [2.45, 2.75) is 24.8 Å². The first-order chi connectivity index (χ1) is 11.6. The monoisotopic (exact) mass is 335 g/mol. The van der Waals surface area contributed by atoms with Crippen LogP contribution in [0.4, 0.5) is 13.2 Å². The second-order valence-electron chi connectivity index (χ2n) is 6.24. The first kappa shape index (κ1) is 17.0. The van der Waals surface area contributed by atoms with Crippen LogP contribution in [-0.4, -0.2) is 19.8 Å². The highest BCUT2D eigenvalue weighted by atomic mass is 19.1. The lowest BCUT2D eigenvalue weighted by atomic mass is 9.74. The number of hydrogen-bond donors (Lipinski definition) is 1. The zero-order valence-corrected chi connectivity index (χ0v) is 13.3. The Morgan fingerprint density at radius 1 is 0.917 bits per heavy atom. The number of benzene rings is 2. The third-order valence-electron chi connectivity index (χ3n) is 4.69. The van der Waals surface area contributed by atoms with Gasteiger partial charge in [-0.2, -0.15) is 0 Å². The molecule has 1 N–H and O–H groups in total. The molecular weight excluding hydrogens is 315 g/mol. The summed E-state index contributed by atoms with van der Waals surface area (Å²) in [7, 11) is 0. The Balaban J connectivity index is 1.73. The van der Waals surface area contributed by atoms with E-state index in [1.54, 1.807) is 12.1 Å². The van der Waals surface area contributed by atoms with Gasteiger partial charge in [-0.15, -0.1) is 0 Å². The van der Waals surface area contributed by atoms with E-state index in [0.29, 0.717) is 25.3 Å². The molecule has 0 bridgehead atoms. The van der Waals surface area contributed by atoms with Gasteiger partial charge in [-0.05, 0) is 48.7 Å². The van der Waals surface area contributed by atoms with E-state index in [1.807, 2.05) is 0 Å². The fourth-order valence-corrected chi connectivity index (χ4v) is 3.25. The van der Waals surface area contributed by atoms with Crippen molar-refractivity contribution in [1.82, 2.24) is 5.32 Å². The molecule has 0 amide bonds. The molecule has 0 aliphatic carbocycles. The Kier molecular flexibility index (Phi) is 5.21. The van der Waals surface area contributed by atoms with Crippen molar-refractivity contribution in [2.75, 3.05) is 19.8 Å². The Morgan fingerprint density at radius 3 is 2.29 bits per heavy atom. The van der Waals surface area contributed by atoms with Gasteiger partial charge in [0.15, 0.2) is 0 Å². The molecule has 0 aromatic heterocycles. The third kappa shape index (κ3) is 3.79. The van der Waals surface area contributed by atoms with E-state index in [2.05, 4.69) is 5.32 Å². The Bertz CT molecular complexity index is 682. The summed E-state index contributed by atoms with van der Waals surface area (Å²) in [5.41, 5.74) is 1.16. The minimum Gasteiger partial charge on any atom is -0.381 e. The maximum absolute atomic E-state index is 13.7. The molecule has 1 aliphatic heterocycles. The van der Waals surface area contributed by atoms with Crippen molar-refractivity contribution in [3.63, 3.8) is 0 Å². The molecule has 0 spiro atoms. The van der Waals surface area contributed by atoms with Gasteiger partial charge in [0.25, 0.3) is 0 Å². The molecule has 1 saturated heterocycles. The SMILES string of the molecule is Fc1ccc(C2(CNCc3cc(F)ccc3F)CCOCC2)cc1. The summed E-state index contributed by atoms with van der Waals surface area (Å²) in [4.78, 5) is 0. The predicted molar refractivity (Wildman–Crippen MR) is 86.2 cm³/mol. The zero-order valence-electron chi connectivity index (χ0n) is 13.3. The predicted octanol–water partition coefficient (Wildman–Crippen LogP) is 3.94. The van der Waals surface area contributed by atoms with Gasteiger partial charge >= 0.3 is 0 Å². The number of halogens is 3. The second-order valence-corrected chi connectivity index (χ2v) is 6.24. The Labute approximate surface area is 139 Å². The topological polar surface area (TPSA) is 21.3 Å². The highest BCUT2D eigenvalue weighted by molar-refractivity contribution is 5.27. The Morgan fingerprint density at radius 2 is 1.58 bits per heavy atom. The summed E-state index contributed by atoms with van der Waals surface area (Å²) in [5, 5.41) is 3.24. The summed E-state index contributed by atoms with van der Waals surface area (Å²) in [6.07, 6.45) is 1.61. The van der Waals surface area contributed by atoms with Crippen LogP contribution in [0.5, 0.6) is 0 Å². The number of hydrogen-bond acceptors (Lipinski definition) is 2. The van der Waals surface area contributed by atoms with Crippen LogP contribution in [0, 0.1) is 17.5 Å². The van der Waals surface area contributed by atoms with E-state index in [9.17, 15) is 13.2 Å². The lowest BCUT2D eigenvalue weighted by molar-refractivity contribution is 0.0497. The fourth-order valence-electron chi connectivity index (χ4n) is 3.25. The number of rotatable bonds is 5. The largest absolute Gasteiger partial charge is 0.381 e. The molecule has 0 atom stereocenters. The van der Waals surface area contributed by atoms with Gasteiger partial charge in [0.05, 0.1) is 0 Å². The van der Waals surface area contributed by atoms with E-state index < -0.39 is 11.6 Å². The van der Waals surface area contributed by atoms with Crippen molar-refractivity contribution in [2.24, 2.45) is 0 Å². The smallest absolute Gasteiger partial charge is 0.127 e. The summed E-state index contributed by atoms with van der Waals surface area (Å²) < 4.78 is 45.7. The highest BCUT2D eigenvalue weighted by Crippen LogP contribution is 2.34. The molecule has 1 heterocycles. The van der Waals surface area contributed by atoms with E-state index in [0.717, 1.165) is 30.5 Å². The first-order valence-corrected chi connectivity index (χ1v) is 8.08. The lowest BCUT2D eigenvalue weighted by Gasteiger charge is -2.38. The molecule has 0 radical (unpaired) electrons. The first-order valence-electron chi connectivity index (χ1n) is 8.08. The van der Waals surface area contributed by atoms with Crippen molar-refractivity contribution in [1.29, 1.82) is 0 Å². The molecule has 2 nitrogen and oxygen atoms in total. The molecule has 128 valence electrons. The van der Waals surface area contributed by atoms with Crippen molar-refractivity contribution < 1.29 is 17.9 Å². The number of ether oxygens (including phenoxy) is 1. The van der Waals surface area contributed by atoms with Gasteiger partial charge in [0, 0.05) is 37.3 Å². The molecule has 2 aromatic carbocycles. The van der Waals surface area contributed by atoms with E-state index in [1.165, 1.54) is 18.2 Å². The van der Waals surface area contributed by atoms with Crippen molar-refractivity contribution in [3.05, 3.63) is 71.0 Å². The van der Waals surface area contributed by atoms with Crippen LogP contribution in [-0.2, 0) is 16.7 Å². The summed E-state index contributed by atoms with van der Waals surface area (Å²) in [5.74, 6) is -1.14. The molecule has 5 heteroatoms. The third-order valence-corrected chi connectivity index (χ3v) is 4.69. The maximum atomic E-state index is 13.7. The molecular formula is C19H20F3NO. The van der Waals surface area contributed by atoms with Crippen LogP contribution in [0.25, 0.3) is 0 Å². The quantitative estimate of drug-likeness (QED) is 0.894. The van der Waals surface area contributed by atoms with Crippen LogP contribution in [0.3, 0.4) is 0 Å². The Hall–Kier alpha value is -1.85. The van der Waals surface area contributed by atoms with Crippen LogP contribution in [0.2, 0.25) is 0 Å². The summed E-state index contributed by atoms with van der Waals surface area (Å²) >= 11 is 0. The molecule has 1 aliphatic rings. The zero-order chi connectivity index (χ0) is 17.0.